The average Bonchev–Trinajstić information content (AvgIpc) is 3.40. The average molecular weight is 631 g/mol. The van der Waals surface area contributed by atoms with E-state index in [1.165, 1.54) is 42.5 Å². The number of hydrogen-bond donors (Lipinski definition) is 1. The molecule has 43 heavy (non-hydrogen) atoms. The van der Waals surface area contributed by atoms with E-state index in [1.54, 1.807) is 11.2 Å². The van der Waals surface area contributed by atoms with E-state index in [2.05, 4.69) is 33.0 Å². The molecule has 3 aliphatic rings. The van der Waals surface area contributed by atoms with E-state index in [0.29, 0.717) is 23.0 Å². The van der Waals surface area contributed by atoms with Gasteiger partial charge in [0.15, 0.2) is 6.10 Å². The second-order valence-corrected chi connectivity index (χ2v) is 16.6. The summed E-state index contributed by atoms with van der Waals surface area (Å²) in [5.41, 5.74) is 1.32. The smallest absolute Gasteiger partial charge is 0.341 e. The van der Waals surface area contributed by atoms with Gasteiger partial charge in [-0.05, 0) is 92.9 Å². The lowest BCUT2D eigenvalue weighted by Gasteiger charge is -2.39. The van der Waals surface area contributed by atoms with Crippen molar-refractivity contribution in [1.29, 1.82) is 0 Å². The zero-order chi connectivity index (χ0) is 31.3. The Balaban J connectivity index is 1.30. The summed E-state index contributed by atoms with van der Waals surface area (Å²) in [6, 6.07) is 5.74. The van der Waals surface area contributed by atoms with Crippen molar-refractivity contribution in [2.45, 2.75) is 97.1 Å². The van der Waals surface area contributed by atoms with Gasteiger partial charge in [0.1, 0.15) is 5.00 Å². The summed E-state index contributed by atoms with van der Waals surface area (Å²) in [4.78, 5) is 40.1. The molecule has 2 aromatic rings. The summed E-state index contributed by atoms with van der Waals surface area (Å²) < 4.78 is 39.8. The largest absolute Gasteiger partial charge is 0.462 e. The molecule has 1 N–H and O–H groups in total. The predicted molar refractivity (Wildman–Crippen MR) is 165 cm³/mol. The van der Waals surface area contributed by atoms with Gasteiger partial charge in [-0.1, -0.05) is 33.8 Å². The van der Waals surface area contributed by atoms with Crippen LogP contribution in [0.25, 0.3) is 0 Å². The number of nitrogens with one attached hydrogen (secondary N) is 1. The first-order valence-electron chi connectivity index (χ1n) is 15.1. The second kappa shape index (κ2) is 11.6. The molecule has 2 fully saturated rings. The van der Waals surface area contributed by atoms with E-state index < -0.39 is 34.0 Å². The highest BCUT2D eigenvalue weighted by Crippen LogP contribution is 2.53. The molecule has 2 bridgehead atoms. The van der Waals surface area contributed by atoms with Gasteiger partial charge in [0.05, 0.1) is 22.6 Å². The number of carbonyl (C=O) groups is 3. The molecular formula is C32H42N2O7S2. The van der Waals surface area contributed by atoms with Crippen LogP contribution >= 0.6 is 11.3 Å². The number of rotatable bonds is 8. The molecule has 2 heterocycles. The predicted octanol–water partition coefficient (Wildman–Crippen LogP) is 5.82. The van der Waals surface area contributed by atoms with E-state index >= 15 is 0 Å². The molecular weight excluding hydrogens is 588 g/mol. The van der Waals surface area contributed by atoms with Crippen LogP contribution in [-0.2, 0) is 37.1 Å². The third-order valence-electron chi connectivity index (χ3n) is 8.92. The molecule has 1 saturated carbocycles. The fourth-order valence-corrected chi connectivity index (χ4v) is 10.6. The summed E-state index contributed by atoms with van der Waals surface area (Å²) in [6.07, 6.45) is 3.89. The van der Waals surface area contributed by atoms with Crippen molar-refractivity contribution in [2.75, 3.05) is 18.5 Å². The van der Waals surface area contributed by atoms with Crippen molar-refractivity contribution in [3.63, 3.8) is 0 Å². The zero-order valence-corrected chi connectivity index (χ0v) is 27.5. The Morgan fingerprint density at radius 3 is 2.63 bits per heavy atom. The molecule has 1 aliphatic heterocycles. The number of fused-ring (bicyclic) bond motifs is 3. The first kappa shape index (κ1) is 31.7. The number of thiophene rings is 1. The van der Waals surface area contributed by atoms with Gasteiger partial charge in [0, 0.05) is 17.5 Å². The van der Waals surface area contributed by atoms with Gasteiger partial charge in [-0.3, -0.25) is 4.79 Å². The molecule has 0 spiro atoms. The molecule has 1 amide bonds. The number of sulfonamides is 1. The van der Waals surface area contributed by atoms with Gasteiger partial charge < -0.3 is 14.8 Å². The summed E-state index contributed by atoms with van der Waals surface area (Å²) in [6.45, 7) is 12.5. The monoisotopic (exact) mass is 630 g/mol. The Morgan fingerprint density at radius 1 is 1.16 bits per heavy atom. The number of ether oxygens (including phenoxy) is 2. The third kappa shape index (κ3) is 6.40. The van der Waals surface area contributed by atoms with Crippen molar-refractivity contribution in [1.82, 2.24) is 4.31 Å². The van der Waals surface area contributed by atoms with Crippen LogP contribution in [0.15, 0.2) is 29.2 Å². The van der Waals surface area contributed by atoms with E-state index in [4.69, 9.17) is 9.47 Å². The highest BCUT2D eigenvalue weighted by atomic mass is 32.2. The highest BCUT2D eigenvalue weighted by molar-refractivity contribution is 7.89. The topological polar surface area (TPSA) is 119 Å². The maximum atomic E-state index is 13.7. The van der Waals surface area contributed by atoms with Gasteiger partial charge >= 0.3 is 11.9 Å². The fraction of sp³-hybridized carbons (Fsp3) is 0.594. The SMILES string of the molecule is CCOC(=O)c1c(NC(=O)[C@@H](C)OC(=O)c2cccc(S(=O)(=O)N3C[C@@]4(C)C[C@H]3CC(C)(C)C4)c2)sc2c1CC[C@H](C)C2. The lowest BCUT2D eigenvalue weighted by molar-refractivity contribution is -0.123. The first-order valence-corrected chi connectivity index (χ1v) is 17.3. The van der Waals surface area contributed by atoms with Crippen molar-refractivity contribution in [3.8, 4) is 0 Å². The Labute approximate surface area is 258 Å². The maximum absolute atomic E-state index is 13.7. The summed E-state index contributed by atoms with van der Waals surface area (Å²) in [5, 5.41) is 3.18. The molecule has 1 aromatic carbocycles. The van der Waals surface area contributed by atoms with Gasteiger partial charge in [0.25, 0.3) is 5.91 Å². The number of amides is 1. The van der Waals surface area contributed by atoms with Crippen LogP contribution in [0.3, 0.4) is 0 Å². The van der Waals surface area contributed by atoms with Crippen LogP contribution in [0.2, 0.25) is 0 Å². The van der Waals surface area contributed by atoms with Crippen LogP contribution in [0.1, 0.15) is 98.4 Å². The summed E-state index contributed by atoms with van der Waals surface area (Å²) >= 11 is 1.36. The van der Waals surface area contributed by atoms with Gasteiger partial charge in [-0.15, -0.1) is 11.3 Å². The first-order chi connectivity index (χ1) is 20.1. The number of hydrogen-bond acceptors (Lipinski definition) is 8. The third-order valence-corrected chi connectivity index (χ3v) is 12.0. The molecule has 0 radical (unpaired) electrons. The van der Waals surface area contributed by atoms with Gasteiger partial charge in [-0.2, -0.15) is 4.31 Å². The Kier molecular flexibility index (Phi) is 8.56. The van der Waals surface area contributed by atoms with Crippen molar-refractivity contribution in [2.24, 2.45) is 16.7 Å². The molecule has 1 saturated heterocycles. The molecule has 9 nitrogen and oxygen atoms in total. The summed E-state index contributed by atoms with van der Waals surface area (Å²) in [5.74, 6) is -1.40. The Morgan fingerprint density at radius 2 is 1.91 bits per heavy atom. The molecule has 5 rings (SSSR count). The van der Waals surface area contributed by atoms with E-state index in [9.17, 15) is 22.8 Å². The molecule has 1 aromatic heterocycles. The number of benzene rings is 1. The Hall–Kier alpha value is -2.76. The van der Waals surface area contributed by atoms with Crippen LogP contribution < -0.4 is 5.32 Å². The number of nitrogens with zero attached hydrogens (tertiary/aromatic N) is 1. The molecule has 234 valence electrons. The molecule has 4 atom stereocenters. The van der Waals surface area contributed by atoms with Crippen molar-refractivity contribution < 1.29 is 32.3 Å². The maximum Gasteiger partial charge on any atom is 0.341 e. The quantitative estimate of drug-likeness (QED) is 0.365. The highest BCUT2D eigenvalue weighted by Gasteiger charge is 2.53. The van der Waals surface area contributed by atoms with Gasteiger partial charge in [-0.25, -0.2) is 18.0 Å². The van der Waals surface area contributed by atoms with E-state index in [1.807, 2.05) is 0 Å². The molecule has 0 unspecified atom stereocenters. The van der Waals surface area contributed by atoms with Crippen molar-refractivity contribution >= 4 is 44.2 Å². The number of anilines is 1. The van der Waals surface area contributed by atoms with E-state index in [0.717, 1.165) is 49.0 Å². The lowest BCUT2D eigenvalue weighted by Crippen LogP contribution is -2.37. The van der Waals surface area contributed by atoms with E-state index in [-0.39, 0.29) is 33.9 Å². The molecule has 11 heteroatoms. The Bertz CT molecular complexity index is 1550. The fourth-order valence-electron chi connectivity index (χ4n) is 7.36. The second-order valence-electron chi connectivity index (χ2n) is 13.6. The minimum absolute atomic E-state index is 0.0329. The standard InChI is InChI=1S/C32H42N2O7S2/c1-7-40-30(37)26-24-12-11-19(2)13-25(24)42-28(26)33-27(35)20(3)41-29(36)21-9-8-10-23(14-21)43(38,39)34-18-32(6)16-22(34)15-31(4,5)17-32/h8-10,14,19-20,22H,7,11-13,15-18H2,1-6H3,(H,33,35)/t19-,20+,22+,32-/m0/s1. The van der Waals surface area contributed by atoms with Crippen LogP contribution in [0.5, 0.6) is 0 Å². The van der Waals surface area contributed by atoms with Crippen molar-refractivity contribution in [3.05, 3.63) is 45.8 Å². The van der Waals surface area contributed by atoms with Crippen LogP contribution in [0, 0.1) is 16.7 Å². The van der Waals surface area contributed by atoms with Crippen LogP contribution in [0.4, 0.5) is 5.00 Å². The van der Waals surface area contributed by atoms with Gasteiger partial charge in [0.2, 0.25) is 10.0 Å². The van der Waals surface area contributed by atoms with Crippen LogP contribution in [-0.4, -0.2) is 55.9 Å². The lowest BCUT2D eigenvalue weighted by atomic mass is 9.65. The number of esters is 2. The minimum atomic E-state index is -3.84. The molecule has 2 aliphatic carbocycles. The normalized spacial score (nSPS) is 25.4. The zero-order valence-electron chi connectivity index (χ0n) is 25.8. The minimum Gasteiger partial charge on any atom is -0.462 e. The summed E-state index contributed by atoms with van der Waals surface area (Å²) in [7, 11) is -3.84. The number of carbonyl (C=O) groups excluding carboxylic acids is 3.